The van der Waals surface area contributed by atoms with Crippen LogP contribution < -0.4 is 0 Å². The van der Waals surface area contributed by atoms with Gasteiger partial charge in [0, 0.05) is 11.1 Å². The number of furan rings is 1. The first kappa shape index (κ1) is 14.0. The van der Waals surface area contributed by atoms with Crippen LogP contribution in [0.4, 0.5) is 0 Å². The summed E-state index contributed by atoms with van der Waals surface area (Å²) < 4.78 is 5.46. The summed E-state index contributed by atoms with van der Waals surface area (Å²) in [5.41, 5.74) is 0.516. The summed E-state index contributed by atoms with van der Waals surface area (Å²) in [6, 6.07) is 6.39. The number of carbonyl (C=O) groups is 1. The van der Waals surface area contributed by atoms with Crippen molar-refractivity contribution in [3.63, 3.8) is 0 Å². The zero-order valence-corrected chi connectivity index (χ0v) is 11.6. The maximum Gasteiger partial charge on any atom is 0.328 e. The third-order valence-electron chi connectivity index (χ3n) is 2.27. The SMILES string of the molecule is O=C(O)/C=C/c1ccc(-c2c(Cl)cc(Cl)cc2Cl)o1. The molecule has 0 unspecified atom stereocenters. The Bertz CT molecular complexity index is 636. The molecule has 0 amide bonds. The van der Waals surface area contributed by atoms with Gasteiger partial charge in [0.2, 0.25) is 0 Å². The molecular weight excluding hydrogens is 310 g/mol. The van der Waals surface area contributed by atoms with E-state index >= 15 is 0 Å². The second-order valence-corrected chi connectivity index (χ2v) is 4.87. The van der Waals surface area contributed by atoms with Gasteiger partial charge in [0.15, 0.2) is 0 Å². The van der Waals surface area contributed by atoms with Crippen LogP contribution in [0.25, 0.3) is 17.4 Å². The molecule has 0 saturated carbocycles. The smallest absolute Gasteiger partial charge is 0.328 e. The second-order valence-electron chi connectivity index (χ2n) is 3.62. The van der Waals surface area contributed by atoms with Crippen molar-refractivity contribution in [3.05, 3.63) is 51.2 Å². The molecule has 1 N–H and O–H groups in total. The maximum absolute atomic E-state index is 10.4. The van der Waals surface area contributed by atoms with E-state index in [1.54, 1.807) is 24.3 Å². The molecule has 0 atom stereocenters. The fraction of sp³-hybridized carbons (Fsp3) is 0. The summed E-state index contributed by atoms with van der Waals surface area (Å²) in [6.07, 6.45) is 2.32. The minimum absolute atomic E-state index is 0.362. The molecule has 0 radical (unpaired) electrons. The van der Waals surface area contributed by atoms with Gasteiger partial charge in [0.1, 0.15) is 11.5 Å². The number of benzene rings is 1. The average molecular weight is 318 g/mol. The van der Waals surface area contributed by atoms with Crippen LogP contribution in [0.1, 0.15) is 5.76 Å². The van der Waals surface area contributed by atoms with Crippen LogP contribution in [0.2, 0.25) is 15.1 Å². The Kier molecular flexibility index (Phi) is 4.20. The van der Waals surface area contributed by atoms with Crippen molar-refractivity contribution in [2.24, 2.45) is 0 Å². The molecule has 0 aliphatic rings. The quantitative estimate of drug-likeness (QED) is 0.810. The highest BCUT2D eigenvalue weighted by Gasteiger charge is 2.13. The molecule has 19 heavy (non-hydrogen) atoms. The van der Waals surface area contributed by atoms with Gasteiger partial charge in [-0.2, -0.15) is 0 Å². The Hall–Kier alpha value is -1.42. The predicted octanol–water partition coefficient (Wildman–Crippen LogP) is 5.00. The van der Waals surface area contributed by atoms with E-state index in [2.05, 4.69) is 0 Å². The number of hydrogen-bond donors (Lipinski definition) is 1. The first-order valence-corrected chi connectivity index (χ1v) is 6.26. The highest BCUT2D eigenvalue weighted by molar-refractivity contribution is 6.41. The van der Waals surface area contributed by atoms with Gasteiger partial charge >= 0.3 is 5.97 Å². The Balaban J connectivity index is 2.41. The summed E-state index contributed by atoms with van der Waals surface area (Å²) in [4.78, 5) is 10.4. The largest absolute Gasteiger partial charge is 0.478 e. The van der Waals surface area contributed by atoms with Gasteiger partial charge in [-0.15, -0.1) is 0 Å². The summed E-state index contributed by atoms with van der Waals surface area (Å²) in [5, 5.41) is 9.68. The molecule has 1 aromatic carbocycles. The minimum Gasteiger partial charge on any atom is -0.478 e. The van der Waals surface area contributed by atoms with E-state index in [9.17, 15) is 4.79 Å². The molecule has 0 saturated heterocycles. The van der Waals surface area contributed by atoms with Crippen molar-refractivity contribution in [1.29, 1.82) is 0 Å². The van der Waals surface area contributed by atoms with Crippen molar-refractivity contribution in [2.75, 3.05) is 0 Å². The molecule has 0 aliphatic carbocycles. The predicted molar refractivity (Wildman–Crippen MR) is 75.8 cm³/mol. The molecule has 0 spiro atoms. The zero-order valence-electron chi connectivity index (χ0n) is 9.36. The van der Waals surface area contributed by atoms with E-state index in [0.29, 0.717) is 32.2 Å². The van der Waals surface area contributed by atoms with Crippen LogP contribution in [0.5, 0.6) is 0 Å². The van der Waals surface area contributed by atoms with Gasteiger partial charge in [-0.3, -0.25) is 0 Å². The number of halogens is 3. The van der Waals surface area contributed by atoms with Gasteiger partial charge in [0.05, 0.1) is 15.6 Å². The molecule has 0 aliphatic heterocycles. The fourth-order valence-electron chi connectivity index (χ4n) is 1.51. The first-order chi connectivity index (χ1) is 8.97. The standard InChI is InChI=1S/C13H7Cl3O3/c14-7-5-9(15)13(10(16)6-7)11-3-1-8(19-11)2-4-12(17)18/h1-6H,(H,17,18)/b4-2+. The van der Waals surface area contributed by atoms with Crippen LogP contribution in [0.15, 0.2) is 34.8 Å². The topological polar surface area (TPSA) is 50.4 Å². The zero-order chi connectivity index (χ0) is 14.0. The minimum atomic E-state index is -1.06. The lowest BCUT2D eigenvalue weighted by Gasteiger charge is -2.04. The third kappa shape index (κ3) is 3.32. The average Bonchev–Trinajstić information content (AvgIpc) is 2.73. The van der Waals surface area contributed by atoms with Gasteiger partial charge in [-0.1, -0.05) is 34.8 Å². The van der Waals surface area contributed by atoms with Crippen molar-refractivity contribution in [1.82, 2.24) is 0 Å². The molecule has 6 heteroatoms. The monoisotopic (exact) mass is 316 g/mol. The summed E-state index contributed by atoms with van der Waals surface area (Å²) in [6.45, 7) is 0. The normalized spacial score (nSPS) is 11.1. The van der Waals surface area contributed by atoms with E-state index in [0.717, 1.165) is 6.08 Å². The number of carboxylic acids is 1. The van der Waals surface area contributed by atoms with Gasteiger partial charge < -0.3 is 9.52 Å². The highest BCUT2D eigenvalue weighted by atomic mass is 35.5. The molecule has 1 heterocycles. The lowest BCUT2D eigenvalue weighted by atomic mass is 10.2. The molecule has 98 valence electrons. The Morgan fingerprint density at radius 1 is 1.16 bits per heavy atom. The van der Waals surface area contributed by atoms with Crippen LogP contribution in [-0.4, -0.2) is 11.1 Å². The lowest BCUT2D eigenvalue weighted by molar-refractivity contribution is -0.131. The van der Waals surface area contributed by atoms with Crippen LogP contribution >= 0.6 is 34.8 Å². The van der Waals surface area contributed by atoms with E-state index in [1.807, 2.05) is 0 Å². The van der Waals surface area contributed by atoms with Crippen LogP contribution in [-0.2, 0) is 4.79 Å². The lowest BCUT2D eigenvalue weighted by Crippen LogP contribution is -1.84. The molecule has 0 fully saturated rings. The van der Waals surface area contributed by atoms with Gasteiger partial charge in [0.25, 0.3) is 0 Å². The Morgan fingerprint density at radius 2 is 1.79 bits per heavy atom. The molecular formula is C13H7Cl3O3. The van der Waals surface area contributed by atoms with Crippen molar-refractivity contribution < 1.29 is 14.3 Å². The van der Waals surface area contributed by atoms with Gasteiger partial charge in [-0.25, -0.2) is 4.79 Å². The number of carboxylic acid groups (broad SMARTS) is 1. The second kappa shape index (κ2) is 5.70. The molecule has 2 rings (SSSR count). The Morgan fingerprint density at radius 3 is 2.37 bits per heavy atom. The fourth-order valence-corrected chi connectivity index (χ4v) is 2.51. The molecule has 2 aromatic rings. The Labute approximate surface area is 124 Å². The van der Waals surface area contributed by atoms with E-state index < -0.39 is 5.97 Å². The number of hydrogen-bond acceptors (Lipinski definition) is 2. The van der Waals surface area contributed by atoms with Crippen LogP contribution in [0.3, 0.4) is 0 Å². The van der Waals surface area contributed by atoms with Crippen LogP contribution in [0, 0.1) is 0 Å². The van der Waals surface area contributed by atoms with Crippen molar-refractivity contribution in [3.8, 4) is 11.3 Å². The number of rotatable bonds is 3. The third-order valence-corrected chi connectivity index (χ3v) is 3.08. The van der Waals surface area contributed by atoms with E-state index in [4.69, 9.17) is 44.3 Å². The first-order valence-electron chi connectivity index (χ1n) is 5.13. The summed E-state index contributed by atoms with van der Waals surface area (Å²) >= 11 is 18.0. The van der Waals surface area contributed by atoms with E-state index in [1.165, 1.54) is 6.08 Å². The number of aliphatic carboxylic acids is 1. The summed E-state index contributed by atoms with van der Waals surface area (Å²) in [7, 11) is 0. The molecule has 3 nitrogen and oxygen atoms in total. The van der Waals surface area contributed by atoms with Gasteiger partial charge in [-0.05, 0) is 30.3 Å². The van der Waals surface area contributed by atoms with E-state index in [-0.39, 0.29) is 0 Å². The molecule has 1 aromatic heterocycles. The van der Waals surface area contributed by atoms with Crippen molar-refractivity contribution in [2.45, 2.75) is 0 Å². The van der Waals surface area contributed by atoms with Crippen molar-refractivity contribution >= 4 is 46.8 Å². The highest BCUT2D eigenvalue weighted by Crippen LogP contribution is 2.38. The molecule has 0 bridgehead atoms. The summed E-state index contributed by atoms with van der Waals surface area (Å²) in [5.74, 6) is -0.225. The maximum atomic E-state index is 10.4.